The number of alkyl halides is 3. The molecule has 1 aromatic carbocycles. The second-order valence-electron chi connectivity index (χ2n) is 3.56. The summed E-state index contributed by atoms with van der Waals surface area (Å²) >= 11 is 0. The molecule has 17 heavy (non-hydrogen) atoms. The average Bonchev–Trinajstić information content (AvgIpc) is 2.78. The third-order valence-corrected chi connectivity index (χ3v) is 2.29. The maximum Gasteiger partial charge on any atom is 0.416 e. The van der Waals surface area contributed by atoms with E-state index in [1.165, 1.54) is 12.1 Å². The Hall–Kier alpha value is -1.91. The molecule has 0 saturated carbocycles. The molecule has 0 fully saturated rings. The number of benzene rings is 1. The van der Waals surface area contributed by atoms with E-state index in [-0.39, 0.29) is 0 Å². The molecule has 0 aliphatic heterocycles. The first-order valence-corrected chi connectivity index (χ1v) is 4.98. The molecule has 0 aliphatic carbocycles. The summed E-state index contributed by atoms with van der Waals surface area (Å²) in [5.41, 5.74) is 0.926. The minimum absolute atomic E-state index is 0.516. The third kappa shape index (κ3) is 3.03. The Morgan fingerprint density at radius 2 is 1.76 bits per heavy atom. The van der Waals surface area contributed by atoms with Gasteiger partial charge >= 0.3 is 6.18 Å². The van der Waals surface area contributed by atoms with Crippen molar-refractivity contribution in [1.82, 2.24) is 0 Å². The maximum atomic E-state index is 12.3. The predicted octanol–water partition coefficient (Wildman–Crippen LogP) is 3.91. The lowest BCUT2D eigenvalue weighted by Gasteiger charge is -2.08. The summed E-state index contributed by atoms with van der Waals surface area (Å²) in [7, 11) is 0. The SMILES string of the molecule is FC(F)(F)c1ccc(NCc2ccoc2)cc1. The van der Waals surface area contributed by atoms with Crippen molar-refractivity contribution in [3.63, 3.8) is 0 Å². The Balaban J connectivity index is 1.99. The highest BCUT2D eigenvalue weighted by molar-refractivity contribution is 5.45. The summed E-state index contributed by atoms with van der Waals surface area (Å²) in [6.07, 6.45) is -1.16. The highest BCUT2D eigenvalue weighted by Gasteiger charge is 2.29. The molecule has 1 N–H and O–H groups in total. The monoisotopic (exact) mass is 241 g/mol. The zero-order valence-electron chi connectivity index (χ0n) is 8.79. The summed E-state index contributed by atoms with van der Waals surface area (Å²) in [6, 6.07) is 6.71. The van der Waals surface area contributed by atoms with Crippen LogP contribution in [0, 0.1) is 0 Å². The van der Waals surface area contributed by atoms with Crippen LogP contribution >= 0.6 is 0 Å². The van der Waals surface area contributed by atoms with Crippen molar-refractivity contribution < 1.29 is 17.6 Å². The molecule has 0 saturated heterocycles. The van der Waals surface area contributed by atoms with Gasteiger partial charge in [0.15, 0.2) is 0 Å². The van der Waals surface area contributed by atoms with Crippen molar-refractivity contribution in [2.45, 2.75) is 12.7 Å². The molecule has 0 aliphatic rings. The highest BCUT2D eigenvalue weighted by Crippen LogP contribution is 2.29. The number of furan rings is 1. The smallest absolute Gasteiger partial charge is 0.416 e. The molecule has 1 heterocycles. The molecule has 0 bridgehead atoms. The summed E-state index contributed by atoms with van der Waals surface area (Å²) in [5, 5.41) is 3.00. The predicted molar refractivity (Wildman–Crippen MR) is 57.5 cm³/mol. The molecule has 0 spiro atoms. The Labute approximate surface area is 96.1 Å². The van der Waals surface area contributed by atoms with Crippen LogP contribution < -0.4 is 5.32 Å². The van der Waals surface area contributed by atoms with Gasteiger partial charge in [-0.2, -0.15) is 13.2 Å². The topological polar surface area (TPSA) is 25.2 Å². The number of hydrogen-bond donors (Lipinski definition) is 1. The molecule has 90 valence electrons. The van der Waals surface area contributed by atoms with Gasteiger partial charge < -0.3 is 9.73 Å². The fourth-order valence-corrected chi connectivity index (χ4v) is 1.37. The zero-order valence-corrected chi connectivity index (χ0v) is 8.79. The van der Waals surface area contributed by atoms with Crippen LogP contribution in [0.25, 0.3) is 0 Å². The van der Waals surface area contributed by atoms with E-state index < -0.39 is 11.7 Å². The number of hydrogen-bond acceptors (Lipinski definition) is 2. The summed E-state index contributed by atoms with van der Waals surface area (Å²) in [5.74, 6) is 0. The second kappa shape index (κ2) is 4.53. The number of anilines is 1. The van der Waals surface area contributed by atoms with Crippen molar-refractivity contribution in [3.8, 4) is 0 Å². The van der Waals surface area contributed by atoms with E-state index in [4.69, 9.17) is 4.42 Å². The number of nitrogens with one attached hydrogen (secondary N) is 1. The van der Waals surface area contributed by atoms with Crippen molar-refractivity contribution in [2.75, 3.05) is 5.32 Å². The lowest BCUT2D eigenvalue weighted by Crippen LogP contribution is -2.05. The zero-order chi connectivity index (χ0) is 12.3. The van der Waals surface area contributed by atoms with Gasteiger partial charge in [0.25, 0.3) is 0 Å². The molecule has 5 heteroatoms. The van der Waals surface area contributed by atoms with E-state index in [1.54, 1.807) is 18.6 Å². The molecular weight excluding hydrogens is 231 g/mol. The molecule has 2 rings (SSSR count). The van der Waals surface area contributed by atoms with Gasteiger partial charge in [0, 0.05) is 17.8 Å². The quantitative estimate of drug-likeness (QED) is 0.881. The minimum atomic E-state index is -4.29. The Bertz CT molecular complexity index is 459. The van der Waals surface area contributed by atoms with Gasteiger partial charge in [0.05, 0.1) is 18.1 Å². The van der Waals surface area contributed by atoms with E-state index in [2.05, 4.69) is 5.32 Å². The lowest BCUT2D eigenvalue weighted by atomic mass is 10.2. The molecule has 0 atom stereocenters. The van der Waals surface area contributed by atoms with E-state index in [0.29, 0.717) is 12.2 Å². The van der Waals surface area contributed by atoms with Gasteiger partial charge in [-0.15, -0.1) is 0 Å². The summed E-state index contributed by atoms with van der Waals surface area (Å²) < 4.78 is 41.8. The Morgan fingerprint density at radius 3 is 2.29 bits per heavy atom. The van der Waals surface area contributed by atoms with Crippen LogP contribution in [0.1, 0.15) is 11.1 Å². The van der Waals surface area contributed by atoms with Gasteiger partial charge in [-0.3, -0.25) is 0 Å². The highest BCUT2D eigenvalue weighted by atomic mass is 19.4. The summed E-state index contributed by atoms with van der Waals surface area (Å²) in [4.78, 5) is 0. The van der Waals surface area contributed by atoms with Crippen molar-refractivity contribution in [1.29, 1.82) is 0 Å². The maximum absolute atomic E-state index is 12.3. The largest absolute Gasteiger partial charge is 0.472 e. The van der Waals surface area contributed by atoms with Gasteiger partial charge in [-0.1, -0.05) is 0 Å². The van der Waals surface area contributed by atoms with Crippen LogP contribution in [0.15, 0.2) is 47.3 Å². The second-order valence-corrected chi connectivity index (χ2v) is 3.56. The molecule has 0 unspecified atom stereocenters. The number of halogens is 3. The van der Waals surface area contributed by atoms with Crippen LogP contribution in [0.2, 0.25) is 0 Å². The third-order valence-electron chi connectivity index (χ3n) is 2.29. The van der Waals surface area contributed by atoms with Gasteiger partial charge in [-0.05, 0) is 30.3 Å². The van der Waals surface area contributed by atoms with E-state index in [1.807, 2.05) is 0 Å². The van der Waals surface area contributed by atoms with Crippen LogP contribution in [0.4, 0.5) is 18.9 Å². The summed E-state index contributed by atoms with van der Waals surface area (Å²) in [6.45, 7) is 0.516. The van der Waals surface area contributed by atoms with Gasteiger partial charge in [-0.25, -0.2) is 0 Å². The molecule has 0 amide bonds. The van der Waals surface area contributed by atoms with E-state index in [9.17, 15) is 13.2 Å². The van der Waals surface area contributed by atoms with E-state index in [0.717, 1.165) is 17.7 Å². The molecule has 2 nitrogen and oxygen atoms in total. The first-order chi connectivity index (χ1) is 8.05. The van der Waals surface area contributed by atoms with Gasteiger partial charge in [0.1, 0.15) is 0 Å². The van der Waals surface area contributed by atoms with Crippen molar-refractivity contribution in [2.24, 2.45) is 0 Å². The average molecular weight is 241 g/mol. The first kappa shape index (κ1) is 11.6. The van der Waals surface area contributed by atoms with Crippen molar-refractivity contribution >= 4 is 5.69 Å². The van der Waals surface area contributed by atoms with Crippen molar-refractivity contribution in [3.05, 3.63) is 54.0 Å². The number of rotatable bonds is 3. The molecule has 2 aromatic rings. The van der Waals surface area contributed by atoms with Crippen LogP contribution in [-0.2, 0) is 12.7 Å². The fraction of sp³-hybridized carbons (Fsp3) is 0.167. The molecular formula is C12H10F3NO. The Kier molecular flexibility index (Phi) is 3.08. The minimum Gasteiger partial charge on any atom is -0.472 e. The fourth-order valence-electron chi connectivity index (χ4n) is 1.37. The van der Waals surface area contributed by atoms with Crippen LogP contribution in [0.3, 0.4) is 0 Å². The van der Waals surface area contributed by atoms with Crippen LogP contribution in [0.5, 0.6) is 0 Å². The van der Waals surface area contributed by atoms with E-state index >= 15 is 0 Å². The molecule has 1 aromatic heterocycles. The first-order valence-electron chi connectivity index (χ1n) is 4.98. The normalized spacial score (nSPS) is 11.5. The lowest BCUT2D eigenvalue weighted by molar-refractivity contribution is -0.137. The Morgan fingerprint density at radius 1 is 1.06 bits per heavy atom. The van der Waals surface area contributed by atoms with Gasteiger partial charge in [0.2, 0.25) is 0 Å². The van der Waals surface area contributed by atoms with Crippen LogP contribution in [-0.4, -0.2) is 0 Å². The molecule has 0 radical (unpaired) electrons. The standard InChI is InChI=1S/C12H10F3NO/c13-12(14,15)10-1-3-11(4-2-10)16-7-9-5-6-17-8-9/h1-6,8,16H,7H2.